The smallest absolute Gasteiger partial charge is 0.262 e. The summed E-state index contributed by atoms with van der Waals surface area (Å²) in [7, 11) is -3.72. The van der Waals surface area contributed by atoms with Crippen molar-refractivity contribution in [1.82, 2.24) is 19.7 Å². The van der Waals surface area contributed by atoms with Crippen LogP contribution in [0.5, 0.6) is 11.6 Å². The first-order valence-electron chi connectivity index (χ1n) is 11.2. The van der Waals surface area contributed by atoms with Crippen molar-refractivity contribution in [2.75, 3.05) is 4.72 Å². The lowest BCUT2D eigenvalue weighted by Crippen LogP contribution is -2.14. The van der Waals surface area contributed by atoms with E-state index in [0.29, 0.717) is 34.5 Å². The minimum atomic E-state index is -3.72. The molecule has 0 unspecified atom stereocenters. The maximum atomic E-state index is 13.0. The van der Waals surface area contributed by atoms with Gasteiger partial charge in [-0.1, -0.05) is 6.07 Å². The Balaban J connectivity index is 1.55. The number of benzene rings is 2. The van der Waals surface area contributed by atoms with Gasteiger partial charge in [-0.25, -0.2) is 18.1 Å². The highest BCUT2D eigenvalue weighted by Crippen LogP contribution is 2.26. The van der Waals surface area contributed by atoms with Gasteiger partial charge in [0.25, 0.3) is 10.0 Å². The molecule has 0 saturated heterocycles. The second kappa shape index (κ2) is 9.14. The minimum Gasteiger partial charge on any atom is -0.439 e. The first-order chi connectivity index (χ1) is 16.4. The normalized spacial score (nSPS) is 11.5. The fourth-order valence-corrected chi connectivity index (χ4v) is 5.15. The zero-order valence-corrected chi connectivity index (χ0v) is 21.8. The van der Waals surface area contributed by atoms with E-state index < -0.39 is 10.0 Å². The molecule has 2 aromatic heterocycles. The third-order valence-corrected chi connectivity index (χ3v) is 7.60. The molecular formula is C26H29N5O3S. The molecule has 0 amide bonds. The van der Waals surface area contributed by atoms with Crippen molar-refractivity contribution in [3.05, 3.63) is 81.9 Å². The Bertz CT molecular complexity index is 1520. The van der Waals surface area contributed by atoms with E-state index in [9.17, 15) is 8.42 Å². The Morgan fingerprint density at radius 1 is 0.829 bits per heavy atom. The summed E-state index contributed by atoms with van der Waals surface area (Å²) in [5, 5.41) is 4.56. The Morgan fingerprint density at radius 3 is 2.11 bits per heavy atom. The van der Waals surface area contributed by atoms with Crippen molar-refractivity contribution in [2.24, 2.45) is 0 Å². The molecule has 2 aromatic carbocycles. The van der Waals surface area contributed by atoms with Crippen LogP contribution in [0.1, 0.15) is 39.5 Å². The summed E-state index contributed by atoms with van der Waals surface area (Å²) in [5.41, 5.74) is 6.17. The van der Waals surface area contributed by atoms with Crippen LogP contribution in [0.15, 0.2) is 47.4 Å². The first kappa shape index (κ1) is 24.4. The van der Waals surface area contributed by atoms with Crippen LogP contribution in [-0.2, 0) is 10.0 Å². The average molecular weight is 492 g/mol. The minimum absolute atomic E-state index is 0.268. The van der Waals surface area contributed by atoms with Crippen molar-refractivity contribution < 1.29 is 13.2 Å². The summed E-state index contributed by atoms with van der Waals surface area (Å²) in [6.07, 6.45) is 0. The molecule has 2 heterocycles. The van der Waals surface area contributed by atoms with Crippen LogP contribution >= 0.6 is 0 Å². The molecule has 0 atom stereocenters. The van der Waals surface area contributed by atoms with E-state index in [0.717, 1.165) is 28.1 Å². The van der Waals surface area contributed by atoms with E-state index in [2.05, 4.69) is 19.8 Å². The first-order valence-corrected chi connectivity index (χ1v) is 12.7. The monoisotopic (exact) mass is 491 g/mol. The summed E-state index contributed by atoms with van der Waals surface area (Å²) in [6.45, 7) is 13.4. The second-order valence-electron chi connectivity index (χ2n) is 8.75. The molecule has 0 fully saturated rings. The number of aromatic nitrogens is 4. The van der Waals surface area contributed by atoms with Gasteiger partial charge in [0, 0.05) is 17.4 Å². The number of sulfonamides is 1. The summed E-state index contributed by atoms with van der Waals surface area (Å²) in [4.78, 5) is 9.14. The maximum Gasteiger partial charge on any atom is 0.262 e. The van der Waals surface area contributed by atoms with Crippen molar-refractivity contribution in [1.29, 1.82) is 0 Å². The van der Waals surface area contributed by atoms with Crippen molar-refractivity contribution in [2.45, 2.75) is 53.4 Å². The predicted octanol–water partition coefficient (Wildman–Crippen LogP) is 5.41. The topological polar surface area (TPSA) is 99.0 Å². The van der Waals surface area contributed by atoms with Gasteiger partial charge in [-0.15, -0.1) is 0 Å². The second-order valence-corrected chi connectivity index (χ2v) is 10.4. The third kappa shape index (κ3) is 5.05. The molecule has 4 aromatic rings. The van der Waals surface area contributed by atoms with E-state index >= 15 is 0 Å². The number of hydrogen-bond donors (Lipinski definition) is 1. The van der Waals surface area contributed by atoms with Crippen LogP contribution in [0.25, 0.3) is 5.82 Å². The number of anilines is 1. The molecule has 0 saturated carbocycles. The zero-order chi connectivity index (χ0) is 25.5. The molecule has 0 aliphatic rings. The van der Waals surface area contributed by atoms with Gasteiger partial charge >= 0.3 is 0 Å². The van der Waals surface area contributed by atoms with Crippen molar-refractivity contribution in [3.8, 4) is 17.4 Å². The molecular weight excluding hydrogens is 462 g/mol. The molecule has 35 heavy (non-hydrogen) atoms. The lowest BCUT2D eigenvalue weighted by molar-refractivity contribution is 0.459. The van der Waals surface area contributed by atoms with E-state index in [4.69, 9.17) is 4.74 Å². The van der Waals surface area contributed by atoms with Gasteiger partial charge in [0.15, 0.2) is 5.82 Å². The van der Waals surface area contributed by atoms with Gasteiger partial charge in [-0.05, 0) is 101 Å². The fraction of sp³-hybridized carbons (Fsp3) is 0.269. The van der Waals surface area contributed by atoms with Crippen LogP contribution < -0.4 is 9.46 Å². The molecule has 4 rings (SSSR count). The third-order valence-electron chi connectivity index (χ3n) is 6.08. The van der Waals surface area contributed by atoms with Crippen LogP contribution in [-0.4, -0.2) is 28.2 Å². The Kier molecular flexibility index (Phi) is 6.38. The zero-order valence-electron chi connectivity index (χ0n) is 21.0. The maximum absolute atomic E-state index is 13.0. The van der Waals surface area contributed by atoms with Gasteiger partial charge in [-0.2, -0.15) is 10.1 Å². The summed E-state index contributed by atoms with van der Waals surface area (Å²) in [6, 6.07) is 12.0. The Hall–Kier alpha value is -3.72. The SMILES string of the molecule is Cc1nc(Oc2ccc(NS(=O)(=O)c3cc(C)c(C)cc3C)cc2)cc(-n2nc(C)c(C)c2C)n1. The lowest BCUT2D eigenvalue weighted by atomic mass is 10.1. The van der Waals surface area contributed by atoms with E-state index in [1.165, 1.54) is 0 Å². The number of ether oxygens (including phenoxy) is 1. The number of hydrogen-bond acceptors (Lipinski definition) is 6. The molecule has 9 heteroatoms. The predicted molar refractivity (Wildman–Crippen MR) is 136 cm³/mol. The van der Waals surface area contributed by atoms with Gasteiger partial charge in [-0.3, -0.25) is 4.72 Å². The molecule has 0 aliphatic heterocycles. The van der Waals surface area contributed by atoms with Gasteiger partial charge in [0.2, 0.25) is 5.88 Å². The number of rotatable bonds is 6. The average Bonchev–Trinajstić information content (AvgIpc) is 3.04. The molecule has 1 N–H and O–H groups in total. The van der Waals surface area contributed by atoms with Gasteiger partial charge in [0.05, 0.1) is 10.6 Å². The number of nitrogens with one attached hydrogen (secondary N) is 1. The fourth-order valence-electron chi connectivity index (χ4n) is 3.78. The Labute approximate surface area is 206 Å². The van der Waals surface area contributed by atoms with Crippen LogP contribution in [0.3, 0.4) is 0 Å². The van der Waals surface area contributed by atoms with Crippen molar-refractivity contribution in [3.63, 3.8) is 0 Å². The highest BCUT2D eigenvalue weighted by Gasteiger charge is 2.18. The van der Waals surface area contributed by atoms with E-state index in [1.54, 1.807) is 54.9 Å². The number of nitrogens with zero attached hydrogens (tertiary/aromatic N) is 4. The molecule has 0 spiro atoms. The van der Waals surface area contributed by atoms with E-state index in [-0.39, 0.29) is 4.90 Å². The summed E-state index contributed by atoms with van der Waals surface area (Å²) >= 11 is 0. The van der Waals surface area contributed by atoms with Gasteiger partial charge in [0.1, 0.15) is 11.6 Å². The highest BCUT2D eigenvalue weighted by atomic mass is 32.2. The highest BCUT2D eigenvalue weighted by molar-refractivity contribution is 7.92. The number of aryl methyl sites for hydroxylation is 5. The largest absolute Gasteiger partial charge is 0.439 e. The molecule has 182 valence electrons. The standard InChI is InChI=1S/C26H29N5O3S/c1-15-12-17(3)24(13-16(15)2)35(32,33)30-22-8-10-23(11-9-22)34-26-14-25(27-21(7)28-26)31-20(6)18(4)19(5)29-31/h8-14,30H,1-7H3. The molecule has 0 aliphatic carbocycles. The lowest BCUT2D eigenvalue weighted by Gasteiger charge is -2.13. The van der Waals surface area contributed by atoms with Crippen LogP contribution in [0.4, 0.5) is 5.69 Å². The van der Waals surface area contributed by atoms with Crippen molar-refractivity contribution >= 4 is 15.7 Å². The van der Waals surface area contributed by atoms with Crippen LogP contribution in [0.2, 0.25) is 0 Å². The summed E-state index contributed by atoms with van der Waals surface area (Å²) < 4.78 is 36.3. The molecule has 0 bridgehead atoms. The Morgan fingerprint density at radius 2 is 1.49 bits per heavy atom. The van der Waals surface area contributed by atoms with E-state index in [1.807, 2.05) is 40.7 Å². The molecule has 0 radical (unpaired) electrons. The molecule has 8 nitrogen and oxygen atoms in total. The quantitative estimate of drug-likeness (QED) is 0.387. The summed E-state index contributed by atoms with van der Waals surface area (Å²) in [5.74, 6) is 2.06. The van der Waals surface area contributed by atoms with Gasteiger partial charge < -0.3 is 4.74 Å². The van der Waals surface area contributed by atoms with Crippen LogP contribution in [0, 0.1) is 48.5 Å².